The molecule has 3 heteroatoms. The van der Waals surface area contributed by atoms with Crippen molar-refractivity contribution < 1.29 is 0 Å². The first kappa shape index (κ1) is 11.9. The molecule has 3 fully saturated rings. The molecule has 2 aliphatic heterocycles. The maximum Gasteiger partial charge on any atom is 0.0223 e. The van der Waals surface area contributed by atoms with E-state index in [4.69, 9.17) is 0 Å². The Hall–Kier alpha value is -0.120. The molecule has 1 N–H and O–H groups in total. The molecule has 0 spiro atoms. The first-order chi connectivity index (χ1) is 8.29. The number of likely N-dealkylation sites (N-methyl/N-ethyl adjacent to an activating group) is 1. The van der Waals surface area contributed by atoms with Gasteiger partial charge in [-0.25, -0.2) is 0 Å². The Bertz CT molecular complexity index is 268. The Kier molecular flexibility index (Phi) is 3.42. The predicted molar refractivity (Wildman–Crippen MR) is 71.2 cm³/mol. The van der Waals surface area contributed by atoms with Crippen molar-refractivity contribution in [2.75, 3.05) is 33.7 Å². The molecule has 0 radical (unpaired) electrons. The van der Waals surface area contributed by atoms with Gasteiger partial charge in [-0.15, -0.1) is 0 Å². The Morgan fingerprint density at radius 1 is 1.06 bits per heavy atom. The normalized spacial score (nSPS) is 43.4. The zero-order valence-electron chi connectivity index (χ0n) is 11.4. The molecular formula is C14H27N3. The standard InChI is InChI=1S/C14H27N3/c1-15-9-11-3-6-14(11)17-8-7-12-4-5-13(10-17)16(12)2/h11-15H,3-10H2,1-2H3. The molecule has 4 unspecified atom stereocenters. The second-order valence-corrected chi connectivity index (χ2v) is 6.30. The van der Waals surface area contributed by atoms with E-state index in [0.717, 1.165) is 24.0 Å². The minimum atomic E-state index is 0.846. The average Bonchev–Trinajstić information content (AvgIpc) is 2.52. The van der Waals surface area contributed by atoms with Gasteiger partial charge in [0.15, 0.2) is 0 Å². The molecule has 0 aromatic heterocycles. The minimum Gasteiger partial charge on any atom is -0.319 e. The number of nitrogens with one attached hydrogen (secondary N) is 1. The quantitative estimate of drug-likeness (QED) is 0.794. The van der Waals surface area contributed by atoms with Crippen LogP contribution in [0.3, 0.4) is 0 Å². The summed E-state index contributed by atoms with van der Waals surface area (Å²) < 4.78 is 0. The third-order valence-corrected chi connectivity index (χ3v) is 5.49. The van der Waals surface area contributed by atoms with Gasteiger partial charge in [0.2, 0.25) is 0 Å². The molecule has 2 bridgehead atoms. The van der Waals surface area contributed by atoms with Crippen molar-refractivity contribution >= 4 is 0 Å². The summed E-state index contributed by atoms with van der Waals surface area (Å²) in [4.78, 5) is 5.47. The summed E-state index contributed by atoms with van der Waals surface area (Å²) in [6.07, 6.45) is 7.15. The summed E-state index contributed by atoms with van der Waals surface area (Å²) in [6, 6.07) is 2.61. The van der Waals surface area contributed by atoms with Crippen LogP contribution in [0.4, 0.5) is 0 Å². The van der Waals surface area contributed by atoms with Crippen molar-refractivity contribution in [3.05, 3.63) is 0 Å². The van der Waals surface area contributed by atoms with Crippen LogP contribution >= 0.6 is 0 Å². The summed E-state index contributed by atoms with van der Waals surface area (Å²) in [7, 11) is 4.44. The summed E-state index contributed by atoms with van der Waals surface area (Å²) in [6.45, 7) is 3.89. The highest BCUT2D eigenvalue weighted by Crippen LogP contribution is 2.36. The smallest absolute Gasteiger partial charge is 0.0223 e. The van der Waals surface area contributed by atoms with E-state index in [1.54, 1.807) is 0 Å². The summed E-state index contributed by atoms with van der Waals surface area (Å²) in [5.41, 5.74) is 0. The number of rotatable bonds is 3. The third-order valence-electron chi connectivity index (χ3n) is 5.49. The van der Waals surface area contributed by atoms with E-state index >= 15 is 0 Å². The van der Waals surface area contributed by atoms with E-state index in [0.29, 0.717) is 0 Å². The highest BCUT2D eigenvalue weighted by atomic mass is 15.3. The Morgan fingerprint density at radius 2 is 1.88 bits per heavy atom. The van der Waals surface area contributed by atoms with Gasteiger partial charge in [-0.05, 0) is 65.2 Å². The summed E-state index contributed by atoms with van der Waals surface area (Å²) in [5.74, 6) is 0.918. The molecule has 98 valence electrons. The monoisotopic (exact) mass is 237 g/mol. The van der Waals surface area contributed by atoms with Crippen LogP contribution in [0.1, 0.15) is 32.1 Å². The number of hydrogen-bond donors (Lipinski definition) is 1. The fourth-order valence-electron chi connectivity index (χ4n) is 4.17. The average molecular weight is 237 g/mol. The topological polar surface area (TPSA) is 18.5 Å². The summed E-state index contributed by atoms with van der Waals surface area (Å²) >= 11 is 0. The van der Waals surface area contributed by atoms with Crippen LogP contribution in [0.2, 0.25) is 0 Å². The zero-order valence-corrected chi connectivity index (χ0v) is 11.4. The first-order valence-electron chi connectivity index (χ1n) is 7.40. The second-order valence-electron chi connectivity index (χ2n) is 6.30. The second kappa shape index (κ2) is 4.87. The van der Waals surface area contributed by atoms with Crippen molar-refractivity contribution in [1.29, 1.82) is 0 Å². The maximum absolute atomic E-state index is 3.36. The number of hydrogen-bond acceptors (Lipinski definition) is 3. The predicted octanol–water partition coefficient (Wildman–Crippen LogP) is 1.15. The van der Waals surface area contributed by atoms with Crippen LogP contribution in [0.25, 0.3) is 0 Å². The van der Waals surface area contributed by atoms with Gasteiger partial charge in [-0.1, -0.05) is 0 Å². The fourth-order valence-corrected chi connectivity index (χ4v) is 4.17. The lowest BCUT2D eigenvalue weighted by Crippen LogP contribution is -2.52. The van der Waals surface area contributed by atoms with E-state index in [-0.39, 0.29) is 0 Å². The molecular weight excluding hydrogens is 210 g/mol. The molecule has 3 rings (SSSR count). The van der Waals surface area contributed by atoms with Crippen LogP contribution in [0.15, 0.2) is 0 Å². The van der Waals surface area contributed by atoms with E-state index in [1.165, 1.54) is 51.7 Å². The fraction of sp³-hybridized carbons (Fsp3) is 1.00. The van der Waals surface area contributed by atoms with Gasteiger partial charge in [0.1, 0.15) is 0 Å². The molecule has 1 saturated carbocycles. The molecule has 17 heavy (non-hydrogen) atoms. The highest BCUT2D eigenvalue weighted by Gasteiger charge is 2.40. The van der Waals surface area contributed by atoms with Gasteiger partial charge >= 0.3 is 0 Å². The lowest BCUT2D eigenvalue weighted by Gasteiger charge is -2.45. The Balaban J connectivity index is 1.61. The number of nitrogens with zero attached hydrogens (tertiary/aromatic N) is 2. The van der Waals surface area contributed by atoms with E-state index in [9.17, 15) is 0 Å². The molecule has 0 amide bonds. The molecule has 1 aliphatic carbocycles. The van der Waals surface area contributed by atoms with Gasteiger partial charge < -0.3 is 5.32 Å². The van der Waals surface area contributed by atoms with Gasteiger partial charge in [0.25, 0.3) is 0 Å². The molecule has 2 saturated heterocycles. The molecule has 4 atom stereocenters. The number of likely N-dealkylation sites (tertiary alicyclic amines) is 1. The largest absolute Gasteiger partial charge is 0.319 e. The SMILES string of the molecule is CNCC1CCC1N1CCC2CCC(C1)N2C. The zero-order chi connectivity index (χ0) is 11.8. The van der Waals surface area contributed by atoms with Crippen molar-refractivity contribution in [3.63, 3.8) is 0 Å². The maximum atomic E-state index is 3.36. The number of fused-ring (bicyclic) bond motifs is 2. The van der Waals surface area contributed by atoms with Crippen molar-refractivity contribution in [2.45, 2.75) is 50.2 Å². The third kappa shape index (κ3) is 2.13. The van der Waals surface area contributed by atoms with Crippen molar-refractivity contribution in [3.8, 4) is 0 Å². The van der Waals surface area contributed by atoms with E-state index in [1.807, 2.05) is 0 Å². The van der Waals surface area contributed by atoms with Gasteiger partial charge in [-0.3, -0.25) is 9.80 Å². The Labute approximate surface area is 106 Å². The molecule has 3 nitrogen and oxygen atoms in total. The first-order valence-corrected chi connectivity index (χ1v) is 7.40. The molecule has 2 heterocycles. The van der Waals surface area contributed by atoms with Crippen LogP contribution in [-0.2, 0) is 0 Å². The van der Waals surface area contributed by atoms with E-state index in [2.05, 4.69) is 29.2 Å². The van der Waals surface area contributed by atoms with E-state index < -0.39 is 0 Å². The lowest BCUT2D eigenvalue weighted by atomic mass is 9.78. The molecule has 3 aliphatic rings. The van der Waals surface area contributed by atoms with Crippen LogP contribution in [-0.4, -0.2) is 61.7 Å². The van der Waals surface area contributed by atoms with Gasteiger partial charge in [0.05, 0.1) is 0 Å². The highest BCUT2D eigenvalue weighted by molar-refractivity contribution is 4.97. The molecule has 0 aromatic rings. The lowest BCUT2D eigenvalue weighted by molar-refractivity contribution is 0.0555. The van der Waals surface area contributed by atoms with Crippen LogP contribution in [0.5, 0.6) is 0 Å². The van der Waals surface area contributed by atoms with Gasteiger partial charge in [0, 0.05) is 24.7 Å². The molecule has 0 aromatic carbocycles. The van der Waals surface area contributed by atoms with Crippen molar-refractivity contribution in [2.24, 2.45) is 5.92 Å². The summed E-state index contributed by atoms with van der Waals surface area (Å²) in [5, 5.41) is 3.36. The minimum absolute atomic E-state index is 0.846. The Morgan fingerprint density at radius 3 is 2.59 bits per heavy atom. The van der Waals surface area contributed by atoms with Crippen LogP contribution < -0.4 is 5.32 Å². The van der Waals surface area contributed by atoms with Crippen LogP contribution in [0, 0.1) is 5.92 Å². The van der Waals surface area contributed by atoms with Gasteiger partial charge in [-0.2, -0.15) is 0 Å². The van der Waals surface area contributed by atoms with Crippen molar-refractivity contribution in [1.82, 2.24) is 15.1 Å².